The molecule has 4 atom stereocenters. The van der Waals surface area contributed by atoms with Crippen LogP contribution in [0.4, 0.5) is 0 Å². The average molecular weight is 428 g/mol. The summed E-state index contributed by atoms with van der Waals surface area (Å²) < 4.78 is 4.44. The van der Waals surface area contributed by atoms with Crippen molar-refractivity contribution in [1.29, 1.82) is 0 Å². The fourth-order valence-electron chi connectivity index (χ4n) is 2.01. The SMILES string of the molecule is O=c1[nH]c(=O)n([C@]2(Br)O[C@H](CO)[C@@H](O)[C@H]2O)cc1C=CBr. The van der Waals surface area contributed by atoms with Crippen molar-refractivity contribution in [3.05, 3.63) is 37.6 Å². The molecule has 1 aliphatic rings. The Kier molecular flexibility index (Phi) is 4.85. The van der Waals surface area contributed by atoms with Crippen molar-refractivity contribution in [3.63, 3.8) is 0 Å². The molecule has 10 heteroatoms. The monoisotopic (exact) mass is 426 g/mol. The second kappa shape index (κ2) is 6.15. The number of hydrogen-bond acceptors (Lipinski definition) is 6. The van der Waals surface area contributed by atoms with Crippen molar-refractivity contribution >= 4 is 37.9 Å². The molecule has 1 aromatic rings. The Balaban J connectivity index is 2.58. The molecular formula is C11H12Br2N2O6. The minimum absolute atomic E-state index is 0.128. The van der Waals surface area contributed by atoms with E-state index in [4.69, 9.17) is 9.84 Å². The molecule has 2 heterocycles. The molecule has 0 amide bonds. The van der Waals surface area contributed by atoms with Gasteiger partial charge in [-0.2, -0.15) is 0 Å². The molecule has 0 aromatic carbocycles. The number of aliphatic hydroxyl groups is 3. The lowest BCUT2D eigenvalue weighted by Gasteiger charge is -2.27. The van der Waals surface area contributed by atoms with E-state index in [1.54, 1.807) is 0 Å². The molecular weight excluding hydrogens is 416 g/mol. The zero-order chi connectivity index (χ0) is 15.8. The van der Waals surface area contributed by atoms with Crippen LogP contribution < -0.4 is 11.2 Å². The molecule has 0 bridgehead atoms. The average Bonchev–Trinajstić information content (AvgIpc) is 2.67. The third-order valence-corrected chi connectivity index (χ3v) is 4.41. The molecule has 1 aromatic heterocycles. The number of rotatable bonds is 3. The molecule has 0 aliphatic carbocycles. The number of halogens is 2. The molecule has 2 rings (SSSR count). The van der Waals surface area contributed by atoms with Crippen LogP contribution >= 0.6 is 31.9 Å². The van der Waals surface area contributed by atoms with E-state index in [1.165, 1.54) is 17.3 Å². The lowest BCUT2D eigenvalue weighted by molar-refractivity contribution is -0.0766. The molecule has 1 fully saturated rings. The lowest BCUT2D eigenvalue weighted by Crippen LogP contribution is -2.47. The quantitative estimate of drug-likeness (QED) is 0.459. The zero-order valence-corrected chi connectivity index (χ0v) is 13.6. The molecule has 21 heavy (non-hydrogen) atoms. The van der Waals surface area contributed by atoms with Gasteiger partial charge in [0.05, 0.1) is 12.2 Å². The number of nitrogens with one attached hydrogen (secondary N) is 1. The predicted molar refractivity (Wildman–Crippen MR) is 80.2 cm³/mol. The topological polar surface area (TPSA) is 125 Å². The van der Waals surface area contributed by atoms with Gasteiger partial charge >= 0.3 is 5.69 Å². The number of ether oxygens (including phenoxy) is 1. The Hall–Kier alpha value is -0.780. The first-order valence-electron chi connectivity index (χ1n) is 5.82. The van der Waals surface area contributed by atoms with Gasteiger partial charge in [0.2, 0.25) is 4.63 Å². The molecule has 0 unspecified atom stereocenters. The third kappa shape index (κ3) is 2.79. The number of aromatic amines is 1. The van der Waals surface area contributed by atoms with Gasteiger partial charge in [-0.05, 0) is 27.0 Å². The molecule has 0 radical (unpaired) electrons. The second-order valence-electron chi connectivity index (χ2n) is 4.39. The van der Waals surface area contributed by atoms with Gasteiger partial charge in [-0.3, -0.25) is 14.3 Å². The van der Waals surface area contributed by atoms with Gasteiger partial charge in [-0.1, -0.05) is 15.9 Å². The van der Waals surface area contributed by atoms with Gasteiger partial charge in [0.25, 0.3) is 5.56 Å². The van der Waals surface area contributed by atoms with E-state index in [0.717, 1.165) is 4.57 Å². The van der Waals surface area contributed by atoms with E-state index in [0.29, 0.717) is 0 Å². The van der Waals surface area contributed by atoms with E-state index < -0.39 is 40.8 Å². The summed E-state index contributed by atoms with van der Waals surface area (Å²) in [4.78, 5) is 27.1. The number of alkyl halides is 1. The van der Waals surface area contributed by atoms with Crippen molar-refractivity contribution in [2.45, 2.75) is 22.9 Å². The maximum Gasteiger partial charge on any atom is 0.331 e. The highest BCUT2D eigenvalue weighted by atomic mass is 79.9. The van der Waals surface area contributed by atoms with Crippen LogP contribution in [-0.2, 0) is 9.37 Å². The van der Waals surface area contributed by atoms with Crippen LogP contribution in [0.2, 0.25) is 0 Å². The zero-order valence-electron chi connectivity index (χ0n) is 10.4. The molecule has 1 saturated heterocycles. The normalized spacial score (nSPS) is 32.9. The third-order valence-electron chi connectivity index (χ3n) is 3.11. The van der Waals surface area contributed by atoms with Crippen LogP contribution in [0.15, 0.2) is 20.8 Å². The van der Waals surface area contributed by atoms with Gasteiger partial charge in [0.1, 0.15) is 18.3 Å². The minimum Gasteiger partial charge on any atom is -0.394 e. The molecule has 116 valence electrons. The smallest absolute Gasteiger partial charge is 0.331 e. The number of aromatic nitrogens is 2. The largest absolute Gasteiger partial charge is 0.394 e. The number of hydrogen-bond donors (Lipinski definition) is 4. The van der Waals surface area contributed by atoms with Gasteiger partial charge in [0, 0.05) is 6.20 Å². The van der Waals surface area contributed by atoms with Crippen LogP contribution in [-0.4, -0.2) is 49.8 Å². The van der Waals surface area contributed by atoms with Crippen LogP contribution in [0.1, 0.15) is 5.56 Å². The van der Waals surface area contributed by atoms with Crippen molar-refractivity contribution in [2.24, 2.45) is 0 Å². The van der Waals surface area contributed by atoms with E-state index in [1.807, 2.05) is 0 Å². The van der Waals surface area contributed by atoms with Gasteiger partial charge < -0.3 is 20.1 Å². The Labute approximate surface area is 134 Å². The highest BCUT2D eigenvalue weighted by molar-refractivity contribution is 9.11. The Morgan fingerprint density at radius 2 is 2.14 bits per heavy atom. The highest BCUT2D eigenvalue weighted by Gasteiger charge is 2.54. The van der Waals surface area contributed by atoms with Gasteiger partial charge in [-0.15, -0.1) is 0 Å². The fraction of sp³-hybridized carbons (Fsp3) is 0.455. The van der Waals surface area contributed by atoms with Crippen molar-refractivity contribution in [3.8, 4) is 0 Å². The van der Waals surface area contributed by atoms with Crippen LogP contribution in [0.25, 0.3) is 6.08 Å². The van der Waals surface area contributed by atoms with E-state index in [9.17, 15) is 19.8 Å². The van der Waals surface area contributed by atoms with Crippen molar-refractivity contribution < 1.29 is 20.1 Å². The maximum atomic E-state index is 11.9. The minimum atomic E-state index is -1.80. The van der Waals surface area contributed by atoms with Gasteiger partial charge in [0.15, 0.2) is 0 Å². The summed E-state index contributed by atoms with van der Waals surface area (Å²) in [7, 11) is 0. The first-order chi connectivity index (χ1) is 9.85. The van der Waals surface area contributed by atoms with Crippen LogP contribution in [0.3, 0.4) is 0 Å². The van der Waals surface area contributed by atoms with Crippen LogP contribution in [0, 0.1) is 0 Å². The second-order valence-corrected chi connectivity index (χ2v) is 6.05. The maximum absolute atomic E-state index is 11.9. The van der Waals surface area contributed by atoms with E-state index >= 15 is 0 Å². The Bertz CT molecular complexity index is 671. The highest BCUT2D eigenvalue weighted by Crippen LogP contribution is 2.39. The first kappa shape index (κ1) is 16.6. The lowest BCUT2D eigenvalue weighted by atomic mass is 10.1. The summed E-state index contributed by atoms with van der Waals surface area (Å²) in [6.45, 7) is -0.544. The predicted octanol–water partition coefficient (Wildman–Crippen LogP) is -0.980. The molecule has 0 spiro atoms. The summed E-state index contributed by atoms with van der Waals surface area (Å²) in [5.41, 5.74) is -1.33. The van der Waals surface area contributed by atoms with Crippen molar-refractivity contribution in [1.82, 2.24) is 9.55 Å². The van der Waals surface area contributed by atoms with E-state index in [-0.39, 0.29) is 5.56 Å². The molecule has 0 saturated carbocycles. The summed E-state index contributed by atoms with van der Waals surface area (Å²) in [5.74, 6) is 0. The Morgan fingerprint density at radius 1 is 1.48 bits per heavy atom. The molecule has 8 nitrogen and oxygen atoms in total. The van der Waals surface area contributed by atoms with Crippen LogP contribution in [0.5, 0.6) is 0 Å². The molecule has 1 aliphatic heterocycles. The van der Waals surface area contributed by atoms with Crippen molar-refractivity contribution in [2.75, 3.05) is 6.61 Å². The summed E-state index contributed by atoms with van der Waals surface area (Å²) in [6, 6.07) is 0. The summed E-state index contributed by atoms with van der Waals surface area (Å²) in [5, 5.41) is 29.0. The summed E-state index contributed by atoms with van der Waals surface area (Å²) in [6.07, 6.45) is -1.44. The fourth-order valence-corrected chi connectivity index (χ4v) is 3.07. The number of aliphatic hydroxyl groups excluding tert-OH is 3. The molecule has 4 N–H and O–H groups in total. The number of nitrogens with zero attached hydrogens (tertiary/aromatic N) is 1. The van der Waals surface area contributed by atoms with Gasteiger partial charge in [-0.25, -0.2) is 4.79 Å². The first-order valence-corrected chi connectivity index (χ1v) is 7.53. The number of H-pyrrole nitrogens is 1. The van der Waals surface area contributed by atoms with E-state index in [2.05, 4.69) is 36.8 Å². The summed E-state index contributed by atoms with van der Waals surface area (Å²) >= 11 is 6.08. The Morgan fingerprint density at radius 3 is 2.67 bits per heavy atom. The standard InChI is InChI=1S/C11H12Br2N2O6/c12-2-1-5-3-15(10(20)14-9(5)19)11(13)8(18)7(17)6(4-16)21-11/h1-3,6-8,16-18H,4H2,(H,14,19,20)/t6-,7-,8-,11+/m1/s1.